The lowest BCUT2D eigenvalue weighted by molar-refractivity contribution is -0.262. The Morgan fingerprint density at radius 2 is 1.39 bits per heavy atom. The van der Waals surface area contributed by atoms with Gasteiger partial charge in [-0.2, -0.15) is 0 Å². The number of aliphatic hydroxyl groups is 1. The summed E-state index contributed by atoms with van der Waals surface area (Å²) in [5.41, 5.74) is 10.3. The first-order valence-corrected chi connectivity index (χ1v) is 7.16. The summed E-state index contributed by atoms with van der Waals surface area (Å²) in [6.45, 7) is -1.02. The van der Waals surface area contributed by atoms with Crippen molar-refractivity contribution in [2.75, 3.05) is 13.2 Å². The fraction of sp³-hybridized carbons (Fsp3) is 0.462. The number of rotatable bonds is 9. The molecule has 0 aromatic rings. The largest absolute Gasteiger partial charge is 0.456 e. The molecule has 15 nitrogen and oxygen atoms in total. The molecule has 0 fully saturated rings. The minimum Gasteiger partial charge on any atom is -0.456 e. The van der Waals surface area contributed by atoms with Gasteiger partial charge in [0.15, 0.2) is 6.61 Å². The van der Waals surface area contributed by atoms with Crippen LogP contribution in [0.4, 0.5) is 0 Å². The number of ether oxygens (including phenoxy) is 1. The zero-order valence-corrected chi connectivity index (χ0v) is 14.3. The van der Waals surface area contributed by atoms with Crippen molar-refractivity contribution in [2.45, 2.75) is 25.4 Å². The third-order valence-electron chi connectivity index (χ3n) is 2.46. The summed E-state index contributed by atoms with van der Waals surface area (Å²) in [5, 5.41) is 8.58. The summed E-state index contributed by atoms with van der Waals surface area (Å²) < 4.78 is 4.28. The predicted octanol–water partition coefficient (Wildman–Crippen LogP) is -4.27. The van der Waals surface area contributed by atoms with Gasteiger partial charge < -0.3 is 21.3 Å². The molecule has 0 aromatic heterocycles. The molecule has 2 atom stereocenters. The molecule has 0 aliphatic carbocycles. The Kier molecular flexibility index (Phi) is 10.6. The highest BCUT2D eigenvalue weighted by atomic mass is 17.2. The summed E-state index contributed by atoms with van der Waals surface area (Å²) >= 11 is 0. The van der Waals surface area contributed by atoms with Crippen molar-refractivity contribution < 1.29 is 63.0 Å². The number of Topliss-reactive ketones (excluding diaryl/α,β-unsaturated/α-hetero) is 2. The number of aliphatic hydroxyl groups excluding tert-OH is 1. The third kappa shape index (κ3) is 9.32. The normalized spacial score (nSPS) is 12.0. The number of nitrogens with two attached hydrogens (primary N) is 2. The first-order chi connectivity index (χ1) is 13.0. The molecule has 2 unspecified atom stereocenters. The fourth-order valence-electron chi connectivity index (χ4n) is 1.00. The van der Waals surface area contributed by atoms with Crippen LogP contribution < -0.4 is 11.5 Å². The molecule has 0 aromatic carbocycles. The minimum atomic E-state index is -1.73. The van der Waals surface area contributed by atoms with E-state index in [2.05, 4.69) is 24.3 Å². The minimum absolute atomic E-state index is 0.758. The van der Waals surface area contributed by atoms with E-state index in [-0.39, 0.29) is 0 Å². The smallest absolute Gasteiger partial charge is 0.425 e. The van der Waals surface area contributed by atoms with Gasteiger partial charge in [-0.25, -0.2) is 38.7 Å². The van der Waals surface area contributed by atoms with Gasteiger partial charge in [0.25, 0.3) is 5.78 Å². The summed E-state index contributed by atoms with van der Waals surface area (Å²) in [7, 11) is 0. The Morgan fingerprint density at radius 3 is 1.93 bits per heavy atom. The van der Waals surface area contributed by atoms with Crippen LogP contribution >= 0.6 is 0 Å². The molecule has 0 spiro atoms. The van der Waals surface area contributed by atoms with Crippen LogP contribution in [0.15, 0.2) is 0 Å². The molecule has 0 amide bonds. The predicted molar refractivity (Wildman–Crippen MR) is 78.7 cm³/mol. The SMILES string of the molecule is CC(=O)C(=O)OOC(=O)C(N)CC(=O)OOC(=O)C(=O)COC(=O)C(N)CO. The maximum absolute atomic E-state index is 11.3. The van der Waals surface area contributed by atoms with Gasteiger partial charge in [0.2, 0.25) is 5.78 Å². The standard InChI is InChI=1S/C13H16N2O13/c1-5(17)10(20)26-27-12(22)6(14)2-9(19)25-28-13(23)8(18)4-24-11(21)7(15)3-16/h6-7,16H,2-4,14-15H2,1H3. The monoisotopic (exact) mass is 408 g/mol. The van der Waals surface area contributed by atoms with Crippen molar-refractivity contribution in [3.8, 4) is 0 Å². The van der Waals surface area contributed by atoms with Crippen molar-refractivity contribution in [3.05, 3.63) is 0 Å². The van der Waals surface area contributed by atoms with E-state index in [1.165, 1.54) is 0 Å². The van der Waals surface area contributed by atoms with Crippen LogP contribution in [0, 0.1) is 0 Å². The molecule has 15 heteroatoms. The van der Waals surface area contributed by atoms with Crippen LogP contribution in [-0.4, -0.2) is 71.8 Å². The lowest BCUT2D eigenvalue weighted by Crippen LogP contribution is -2.37. The molecule has 0 aliphatic heterocycles. The molecule has 0 saturated heterocycles. The summed E-state index contributed by atoms with van der Waals surface area (Å²) in [5.74, 6) is -9.73. The van der Waals surface area contributed by atoms with Gasteiger partial charge in [-0.05, 0) is 0 Å². The van der Waals surface area contributed by atoms with Gasteiger partial charge in [-0.3, -0.25) is 14.4 Å². The summed E-state index contributed by atoms with van der Waals surface area (Å²) in [6, 6.07) is -3.15. The first-order valence-electron chi connectivity index (χ1n) is 7.16. The van der Waals surface area contributed by atoms with E-state index < -0.39 is 73.1 Å². The average molecular weight is 408 g/mol. The Hall–Kier alpha value is -3.43. The van der Waals surface area contributed by atoms with Crippen LogP contribution in [-0.2, 0) is 57.8 Å². The highest BCUT2D eigenvalue weighted by Gasteiger charge is 2.26. The molecule has 0 radical (unpaired) electrons. The molecule has 0 heterocycles. The first kappa shape index (κ1) is 24.6. The molecular formula is C13H16N2O13. The van der Waals surface area contributed by atoms with E-state index in [1.54, 1.807) is 0 Å². The zero-order valence-electron chi connectivity index (χ0n) is 14.3. The van der Waals surface area contributed by atoms with E-state index in [9.17, 15) is 33.6 Å². The van der Waals surface area contributed by atoms with Crippen molar-refractivity contribution in [2.24, 2.45) is 11.5 Å². The second-order valence-electron chi connectivity index (χ2n) is 4.79. The van der Waals surface area contributed by atoms with E-state index >= 15 is 0 Å². The van der Waals surface area contributed by atoms with Crippen LogP contribution in [0.5, 0.6) is 0 Å². The third-order valence-corrected chi connectivity index (χ3v) is 2.46. The average Bonchev–Trinajstić information content (AvgIpc) is 2.66. The maximum Gasteiger partial charge on any atom is 0.425 e. The number of esters is 1. The molecule has 5 N–H and O–H groups in total. The van der Waals surface area contributed by atoms with E-state index in [0.29, 0.717) is 0 Å². The Labute approximate surface area is 155 Å². The van der Waals surface area contributed by atoms with E-state index in [1.807, 2.05) is 0 Å². The lowest BCUT2D eigenvalue weighted by atomic mass is 10.2. The maximum atomic E-state index is 11.3. The molecule has 0 bridgehead atoms. The van der Waals surface area contributed by atoms with Crippen molar-refractivity contribution in [3.63, 3.8) is 0 Å². The number of ketones is 2. The number of carbonyl (C=O) groups excluding carboxylic acids is 7. The Bertz CT molecular complexity index is 659. The van der Waals surface area contributed by atoms with Gasteiger partial charge in [0.1, 0.15) is 12.1 Å². The molecular weight excluding hydrogens is 392 g/mol. The number of hydrogen-bond donors (Lipinski definition) is 3. The molecule has 28 heavy (non-hydrogen) atoms. The summed E-state index contributed by atoms with van der Waals surface area (Å²) in [6.07, 6.45) is -0.932. The Balaban J connectivity index is 4.24. The van der Waals surface area contributed by atoms with E-state index in [4.69, 9.17) is 16.6 Å². The second-order valence-corrected chi connectivity index (χ2v) is 4.79. The van der Waals surface area contributed by atoms with E-state index in [0.717, 1.165) is 6.92 Å². The van der Waals surface area contributed by atoms with Gasteiger partial charge in [-0.1, -0.05) is 0 Å². The second kappa shape index (κ2) is 12.0. The molecule has 0 aliphatic rings. The van der Waals surface area contributed by atoms with Crippen LogP contribution in [0.25, 0.3) is 0 Å². The fourth-order valence-corrected chi connectivity index (χ4v) is 1.00. The van der Waals surface area contributed by atoms with Crippen molar-refractivity contribution in [1.82, 2.24) is 0 Å². The van der Waals surface area contributed by atoms with Gasteiger partial charge >= 0.3 is 29.8 Å². The quantitative estimate of drug-likeness (QED) is 0.142. The lowest BCUT2D eigenvalue weighted by Gasteiger charge is -2.09. The number of hydrogen-bond acceptors (Lipinski definition) is 15. The van der Waals surface area contributed by atoms with Crippen LogP contribution in [0.3, 0.4) is 0 Å². The summed E-state index contributed by atoms with van der Waals surface area (Å²) in [4.78, 5) is 93.0. The molecule has 156 valence electrons. The highest BCUT2D eigenvalue weighted by Crippen LogP contribution is 1.98. The van der Waals surface area contributed by atoms with Gasteiger partial charge in [-0.15, -0.1) is 0 Å². The van der Waals surface area contributed by atoms with Gasteiger partial charge in [0.05, 0.1) is 13.0 Å². The van der Waals surface area contributed by atoms with Crippen molar-refractivity contribution >= 4 is 41.4 Å². The number of carbonyl (C=O) groups is 7. The zero-order chi connectivity index (χ0) is 21.9. The molecule has 0 rings (SSSR count). The molecule has 0 saturated carbocycles. The highest BCUT2D eigenvalue weighted by molar-refractivity contribution is 6.34. The van der Waals surface area contributed by atoms with Crippen LogP contribution in [0.1, 0.15) is 13.3 Å². The van der Waals surface area contributed by atoms with Gasteiger partial charge in [0, 0.05) is 6.92 Å². The van der Waals surface area contributed by atoms with Crippen LogP contribution in [0.2, 0.25) is 0 Å². The topological polar surface area (TPSA) is 238 Å². The van der Waals surface area contributed by atoms with Crippen molar-refractivity contribution in [1.29, 1.82) is 0 Å². The Morgan fingerprint density at radius 1 is 0.821 bits per heavy atom.